The van der Waals surface area contributed by atoms with Crippen LogP contribution in [0.1, 0.15) is 69.7 Å². The number of carboxylic acid groups (broad SMARTS) is 1. The zero-order chi connectivity index (χ0) is 17.4. The molecule has 0 saturated carbocycles. The summed E-state index contributed by atoms with van der Waals surface area (Å²) in [6.07, 6.45) is 0.907. The van der Waals surface area contributed by atoms with Crippen molar-refractivity contribution in [3.8, 4) is 0 Å². The summed E-state index contributed by atoms with van der Waals surface area (Å²) in [6.45, 7) is 9.71. The molecule has 0 radical (unpaired) electrons. The maximum atomic E-state index is 11.9. The van der Waals surface area contributed by atoms with E-state index in [0.717, 1.165) is 11.3 Å². The molecule has 1 N–H and O–H groups in total. The minimum atomic E-state index is -0.869. The van der Waals surface area contributed by atoms with Crippen LogP contribution >= 0.6 is 0 Å². The largest absolute Gasteiger partial charge is 0.480 e. The van der Waals surface area contributed by atoms with Crippen LogP contribution in [0.5, 0.6) is 0 Å². The summed E-state index contributed by atoms with van der Waals surface area (Å²) in [5.41, 5.74) is 1.76. The van der Waals surface area contributed by atoms with Crippen molar-refractivity contribution in [1.29, 1.82) is 0 Å². The highest BCUT2D eigenvalue weighted by molar-refractivity contribution is 5.99. The van der Waals surface area contributed by atoms with Gasteiger partial charge >= 0.3 is 5.97 Å². The Morgan fingerprint density at radius 3 is 2.39 bits per heavy atom. The molecule has 5 heteroatoms. The molecular formula is C18H24N2O3. The third kappa shape index (κ3) is 3.14. The smallest absolute Gasteiger partial charge is 0.326 e. The molecule has 1 atom stereocenters. The van der Waals surface area contributed by atoms with Crippen LogP contribution in [0.2, 0.25) is 0 Å². The Kier molecular flexibility index (Phi) is 4.59. The second-order valence-electron chi connectivity index (χ2n) is 6.80. The van der Waals surface area contributed by atoms with Crippen LogP contribution in [0.4, 0.5) is 0 Å². The number of aromatic nitrogens is 2. The van der Waals surface area contributed by atoms with Gasteiger partial charge in [-0.15, -0.1) is 0 Å². The molecule has 0 aliphatic rings. The van der Waals surface area contributed by atoms with Gasteiger partial charge in [0, 0.05) is 17.4 Å². The fraction of sp³-hybridized carbons (Fsp3) is 0.500. The minimum absolute atomic E-state index is 0.0593. The van der Waals surface area contributed by atoms with Crippen molar-refractivity contribution in [3.63, 3.8) is 0 Å². The zero-order valence-electron chi connectivity index (χ0n) is 14.4. The molecule has 0 spiro atoms. The molecule has 1 unspecified atom stereocenters. The summed E-state index contributed by atoms with van der Waals surface area (Å²) >= 11 is 0. The molecule has 1 heterocycles. The molecule has 0 aliphatic heterocycles. The minimum Gasteiger partial charge on any atom is -0.480 e. The number of Topliss-reactive ketones (excluding diaryl/α,β-unsaturated/α-hetero) is 1. The maximum absolute atomic E-state index is 11.9. The molecule has 1 aromatic heterocycles. The van der Waals surface area contributed by atoms with Crippen molar-refractivity contribution in [2.24, 2.45) is 0 Å². The highest BCUT2D eigenvalue weighted by atomic mass is 16.4. The molecule has 0 aliphatic carbocycles. The van der Waals surface area contributed by atoms with Crippen LogP contribution in [0, 0.1) is 0 Å². The monoisotopic (exact) mass is 316 g/mol. The van der Waals surface area contributed by atoms with Gasteiger partial charge in [-0.05, 0) is 24.6 Å². The van der Waals surface area contributed by atoms with Gasteiger partial charge in [0.05, 0.1) is 11.0 Å². The SMILES string of the molecule is CCC(=O)c1ccc2c(c1)nc(C(C)(C)C)n2C(CC)C(=O)O. The van der Waals surface area contributed by atoms with Gasteiger partial charge < -0.3 is 9.67 Å². The highest BCUT2D eigenvalue weighted by Crippen LogP contribution is 2.31. The second-order valence-corrected chi connectivity index (χ2v) is 6.80. The molecule has 0 amide bonds. The van der Waals surface area contributed by atoms with Crippen LogP contribution in [0.25, 0.3) is 11.0 Å². The average molecular weight is 316 g/mol. The molecule has 2 aromatic rings. The zero-order valence-corrected chi connectivity index (χ0v) is 14.4. The Hall–Kier alpha value is -2.17. The summed E-state index contributed by atoms with van der Waals surface area (Å²) in [7, 11) is 0. The van der Waals surface area contributed by atoms with Gasteiger partial charge in [0.25, 0.3) is 0 Å². The average Bonchev–Trinajstić information content (AvgIpc) is 2.85. The Labute approximate surface area is 136 Å². The third-order valence-electron chi connectivity index (χ3n) is 3.99. The predicted molar refractivity (Wildman–Crippen MR) is 90.0 cm³/mol. The number of benzene rings is 1. The lowest BCUT2D eigenvalue weighted by Gasteiger charge is -2.23. The molecule has 124 valence electrons. The molecule has 0 bridgehead atoms. The van der Waals surface area contributed by atoms with Crippen LogP contribution in [0.3, 0.4) is 0 Å². The number of carbonyl (C=O) groups excluding carboxylic acids is 1. The number of fused-ring (bicyclic) bond motifs is 1. The van der Waals surface area contributed by atoms with E-state index in [2.05, 4.69) is 4.98 Å². The quantitative estimate of drug-likeness (QED) is 0.847. The topological polar surface area (TPSA) is 72.2 Å². The van der Waals surface area contributed by atoms with Crippen molar-refractivity contribution in [3.05, 3.63) is 29.6 Å². The van der Waals surface area contributed by atoms with E-state index in [1.807, 2.05) is 40.7 Å². The van der Waals surface area contributed by atoms with Gasteiger partial charge in [-0.2, -0.15) is 0 Å². The normalized spacial score (nSPS) is 13.3. The van der Waals surface area contributed by atoms with Gasteiger partial charge in [-0.3, -0.25) is 4.79 Å². The molecule has 0 saturated heterocycles. The number of imidazole rings is 1. The van der Waals surface area contributed by atoms with Crippen molar-refractivity contribution < 1.29 is 14.7 Å². The number of aliphatic carboxylic acids is 1. The van der Waals surface area contributed by atoms with Gasteiger partial charge in [-0.1, -0.05) is 34.6 Å². The molecule has 5 nitrogen and oxygen atoms in total. The van der Waals surface area contributed by atoms with Gasteiger partial charge in [0.1, 0.15) is 11.9 Å². The number of rotatable bonds is 5. The fourth-order valence-corrected chi connectivity index (χ4v) is 2.79. The van der Waals surface area contributed by atoms with Crippen LogP contribution in [-0.2, 0) is 10.2 Å². The van der Waals surface area contributed by atoms with Gasteiger partial charge in [0.15, 0.2) is 5.78 Å². The van der Waals surface area contributed by atoms with E-state index in [1.165, 1.54) is 0 Å². The van der Waals surface area contributed by atoms with Crippen molar-refractivity contribution in [2.75, 3.05) is 0 Å². The van der Waals surface area contributed by atoms with E-state index in [0.29, 0.717) is 23.9 Å². The molecule has 1 aromatic carbocycles. The highest BCUT2D eigenvalue weighted by Gasteiger charge is 2.29. The number of ketones is 1. The Bertz CT molecular complexity index is 753. The van der Waals surface area contributed by atoms with Gasteiger partial charge in [0.2, 0.25) is 0 Å². The van der Waals surface area contributed by atoms with E-state index in [9.17, 15) is 14.7 Å². The molecular weight excluding hydrogens is 292 g/mol. The first kappa shape index (κ1) is 17.2. The second kappa shape index (κ2) is 6.14. The summed E-state index contributed by atoms with van der Waals surface area (Å²) in [6, 6.07) is 4.67. The lowest BCUT2D eigenvalue weighted by atomic mass is 9.95. The standard InChI is InChI=1S/C18H24N2O3/c1-6-13(16(22)23)20-14-9-8-11(15(21)7-2)10-12(14)19-17(20)18(3,4)5/h8-10,13H,6-7H2,1-5H3,(H,22,23). The van der Waals surface area contributed by atoms with Crippen molar-refractivity contribution >= 4 is 22.8 Å². The Morgan fingerprint density at radius 1 is 1.26 bits per heavy atom. The predicted octanol–water partition coefficient (Wildman–Crippen LogP) is 3.96. The molecule has 23 heavy (non-hydrogen) atoms. The number of carboxylic acids is 1. The summed E-state index contributed by atoms with van der Waals surface area (Å²) < 4.78 is 1.80. The van der Waals surface area contributed by atoms with Crippen LogP contribution in [0.15, 0.2) is 18.2 Å². The van der Waals surface area contributed by atoms with Crippen molar-refractivity contribution in [1.82, 2.24) is 9.55 Å². The molecule has 2 rings (SSSR count). The number of nitrogens with zero attached hydrogens (tertiary/aromatic N) is 2. The lowest BCUT2D eigenvalue weighted by Crippen LogP contribution is -2.26. The summed E-state index contributed by atoms with van der Waals surface area (Å²) in [5.74, 6) is -0.0853. The van der Waals surface area contributed by atoms with E-state index in [-0.39, 0.29) is 11.2 Å². The molecule has 0 fully saturated rings. The Balaban J connectivity index is 2.76. The summed E-state index contributed by atoms with van der Waals surface area (Å²) in [5, 5.41) is 9.57. The Morgan fingerprint density at radius 2 is 1.91 bits per heavy atom. The van der Waals surface area contributed by atoms with Gasteiger partial charge in [-0.25, -0.2) is 9.78 Å². The first-order valence-electron chi connectivity index (χ1n) is 7.99. The van der Waals surface area contributed by atoms with E-state index in [1.54, 1.807) is 16.7 Å². The first-order chi connectivity index (χ1) is 10.7. The third-order valence-corrected chi connectivity index (χ3v) is 3.99. The van der Waals surface area contributed by atoms with E-state index >= 15 is 0 Å². The van der Waals surface area contributed by atoms with Crippen LogP contribution in [-0.4, -0.2) is 26.4 Å². The van der Waals surface area contributed by atoms with Crippen LogP contribution < -0.4 is 0 Å². The van der Waals surface area contributed by atoms with E-state index in [4.69, 9.17) is 0 Å². The number of carbonyl (C=O) groups is 2. The maximum Gasteiger partial charge on any atom is 0.326 e. The van der Waals surface area contributed by atoms with E-state index < -0.39 is 12.0 Å². The fourth-order valence-electron chi connectivity index (χ4n) is 2.79. The number of hydrogen-bond acceptors (Lipinski definition) is 3. The summed E-state index contributed by atoms with van der Waals surface area (Å²) in [4.78, 5) is 28.2. The number of hydrogen-bond donors (Lipinski definition) is 1. The van der Waals surface area contributed by atoms with Crippen molar-refractivity contribution in [2.45, 2.75) is 58.9 Å². The first-order valence-corrected chi connectivity index (χ1v) is 7.99. The lowest BCUT2D eigenvalue weighted by molar-refractivity contribution is -0.141.